The van der Waals surface area contributed by atoms with Gasteiger partial charge >= 0.3 is 11.7 Å². The van der Waals surface area contributed by atoms with Crippen LogP contribution in [-0.4, -0.2) is 39.9 Å². The maximum atomic E-state index is 12.4. The van der Waals surface area contributed by atoms with Crippen LogP contribution in [0.25, 0.3) is 0 Å². The van der Waals surface area contributed by atoms with E-state index in [9.17, 15) is 24.0 Å². The molecule has 0 radical (unpaired) electrons. The number of ketones is 1. The van der Waals surface area contributed by atoms with Gasteiger partial charge in [0, 0.05) is 12.1 Å². The van der Waals surface area contributed by atoms with Gasteiger partial charge in [-0.3, -0.25) is 23.9 Å². The molecule has 10 nitrogen and oxygen atoms in total. The Balaban J connectivity index is 2.04. The molecule has 30 heavy (non-hydrogen) atoms. The molecule has 1 unspecified atom stereocenters. The molecule has 4 N–H and O–H groups in total. The van der Waals surface area contributed by atoms with Crippen molar-refractivity contribution < 1.29 is 19.1 Å². The Morgan fingerprint density at radius 1 is 1.27 bits per heavy atom. The first-order valence-electron chi connectivity index (χ1n) is 9.35. The number of anilines is 1. The topological polar surface area (TPSA) is 153 Å². The average Bonchev–Trinajstić information content (AvgIpc) is 2.69. The van der Waals surface area contributed by atoms with E-state index in [1.165, 1.54) is 6.92 Å². The third-order valence-corrected chi connectivity index (χ3v) is 4.29. The van der Waals surface area contributed by atoms with Crippen LogP contribution in [0.15, 0.2) is 33.9 Å². The zero-order valence-corrected chi connectivity index (χ0v) is 17.0. The van der Waals surface area contributed by atoms with Gasteiger partial charge in [0.15, 0.2) is 6.61 Å². The summed E-state index contributed by atoms with van der Waals surface area (Å²) in [6.45, 7) is 4.48. The Bertz CT molecular complexity index is 1090. The van der Waals surface area contributed by atoms with E-state index >= 15 is 0 Å². The number of Topliss-reactive ketones (excluding diaryl/α,β-unsaturated/α-hetero) is 1. The predicted molar refractivity (Wildman–Crippen MR) is 109 cm³/mol. The van der Waals surface area contributed by atoms with Crippen molar-refractivity contribution in [1.82, 2.24) is 14.9 Å². The number of rotatable bonds is 8. The van der Waals surface area contributed by atoms with Crippen molar-refractivity contribution in [1.29, 1.82) is 0 Å². The van der Waals surface area contributed by atoms with Gasteiger partial charge in [-0.2, -0.15) is 0 Å². The molecule has 0 aliphatic carbocycles. The van der Waals surface area contributed by atoms with Crippen LogP contribution in [0.3, 0.4) is 0 Å². The molecular formula is C20H24N4O6. The molecule has 160 valence electrons. The number of H-pyrrole nitrogens is 1. The SMILES string of the molecule is CCCn1c(N)c(C(=O)COC(=O)C(C)NC(=O)c2cccc(C)c2)c(=O)[nH]c1=O. The number of nitrogen functional groups attached to an aromatic ring is 1. The number of hydrogen-bond donors (Lipinski definition) is 3. The van der Waals surface area contributed by atoms with Gasteiger partial charge in [-0.1, -0.05) is 24.6 Å². The van der Waals surface area contributed by atoms with Crippen LogP contribution in [-0.2, 0) is 16.1 Å². The molecular weight excluding hydrogens is 392 g/mol. The number of amides is 1. The summed E-state index contributed by atoms with van der Waals surface area (Å²) in [5.74, 6) is -2.47. The minimum atomic E-state index is -1.03. The van der Waals surface area contributed by atoms with Gasteiger partial charge in [0.1, 0.15) is 17.4 Å². The number of aromatic amines is 1. The molecule has 10 heteroatoms. The second-order valence-electron chi connectivity index (χ2n) is 6.77. The van der Waals surface area contributed by atoms with Crippen LogP contribution in [0.5, 0.6) is 0 Å². The summed E-state index contributed by atoms with van der Waals surface area (Å²) in [6, 6.07) is 5.78. The van der Waals surface area contributed by atoms with Crippen LogP contribution in [0, 0.1) is 6.92 Å². The lowest BCUT2D eigenvalue weighted by atomic mass is 10.1. The summed E-state index contributed by atoms with van der Waals surface area (Å²) in [4.78, 5) is 62.6. The number of hydrogen-bond acceptors (Lipinski definition) is 7. The minimum absolute atomic E-state index is 0.212. The van der Waals surface area contributed by atoms with Crippen molar-refractivity contribution in [2.45, 2.75) is 39.8 Å². The highest BCUT2D eigenvalue weighted by atomic mass is 16.5. The lowest BCUT2D eigenvalue weighted by Crippen LogP contribution is -2.41. The van der Waals surface area contributed by atoms with Crippen molar-refractivity contribution >= 4 is 23.5 Å². The molecule has 1 amide bonds. The zero-order valence-electron chi connectivity index (χ0n) is 17.0. The fourth-order valence-corrected chi connectivity index (χ4v) is 2.76. The molecule has 1 heterocycles. The molecule has 0 aliphatic rings. The molecule has 0 bridgehead atoms. The molecule has 2 rings (SSSR count). The third-order valence-electron chi connectivity index (χ3n) is 4.29. The van der Waals surface area contributed by atoms with Crippen LogP contribution >= 0.6 is 0 Å². The van der Waals surface area contributed by atoms with E-state index < -0.39 is 47.1 Å². The molecule has 2 aromatic rings. The van der Waals surface area contributed by atoms with Gasteiger partial charge in [-0.05, 0) is 32.4 Å². The number of aromatic nitrogens is 2. The third kappa shape index (κ3) is 5.22. The van der Waals surface area contributed by atoms with E-state index in [1.54, 1.807) is 25.1 Å². The molecule has 1 aromatic carbocycles. The zero-order chi connectivity index (χ0) is 22.4. The highest BCUT2D eigenvalue weighted by Gasteiger charge is 2.23. The van der Waals surface area contributed by atoms with Gasteiger partial charge in [0.25, 0.3) is 11.5 Å². The van der Waals surface area contributed by atoms with Gasteiger partial charge < -0.3 is 15.8 Å². The van der Waals surface area contributed by atoms with Gasteiger partial charge in [0.2, 0.25) is 5.78 Å². The number of carbonyl (C=O) groups excluding carboxylic acids is 3. The van der Waals surface area contributed by atoms with Gasteiger partial charge in [0.05, 0.1) is 0 Å². The Morgan fingerprint density at radius 2 is 1.97 bits per heavy atom. The molecule has 0 fully saturated rings. The second-order valence-corrected chi connectivity index (χ2v) is 6.77. The lowest BCUT2D eigenvalue weighted by molar-refractivity contribution is -0.144. The summed E-state index contributed by atoms with van der Waals surface area (Å²) in [6.07, 6.45) is 0.552. The molecule has 0 aliphatic heterocycles. The first-order chi connectivity index (χ1) is 14.1. The highest BCUT2D eigenvalue weighted by molar-refractivity contribution is 6.01. The van der Waals surface area contributed by atoms with Crippen LogP contribution in [0.2, 0.25) is 0 Å². The van der Waals surface area contributed by atoms with Crippen molar-refractivity contribution in [3.8, 4) is 0 Å². The van der Waals surface area contributed by atoms with Crippen molar-refractivity contribution in [3.63, 3.8) is 0 Å². The van der Waals surface area contributed by atoms with Gasteiger partial charge in [-0.25, -0.2) is 9.59 Å². The fourth-order valence-electron chi connectivity index (χ4n) is 2.76. The monoisotopic (exact) mass is 416 g/mol. The first-order valence-corrected chi connectivity index (χ1v) is 9.35. The molecule has 0 spiro atoms. The quantitative estimate of drug-likeness (QED) is 0.415. The largest absolute Gasteiger partial charge is 0.456 e. The minimum Gasteiger partial charge on any atom is -0.456 e. The number of benzene rings is 1. The van der Waals surface area contributed by atoms with Crippen molar-refractivity contribution in [2.75, 3.05) is 12.3 Å². The highest BCUT2D eigenvalue weighted by Crippen LogP contribution is 2.07. The molecule has 0 saturated heterocycles. The summed E-state index contributed by atoms with van der Waals surface area (Å²) in [7, 11) is 0. The van der Waals surface area contributed by atoms with E-state index in [1.807, 2.05) is 18.0 Å². The number of nitrogens with two attached hydrogens (primary N) is 1. The van der Waals surface area contributed by atoms with Crippen LogP contribution < -0.4 is 22.3 Å². The predicted octanol–water partition coefficient (Wildman–Crippen LogP) is 0.382. The Kier molecular flexibility index (Phi) is 7.29. The van der Waals surface area contributed by atoms with E-state index in [0.717, 1.165) is 10.1 Å². The standard InChI is InChI=1S/C20H24N4O6/c1-4-8-24-16(21)15(18(27)23-20(24)29)14(25)10-30-19(28)12(3)22-17(26)13-7-5-6-11(2)9-13/h5-7,9,12H,4,8,10,21H2,1-3H3,(H,22,26)(H,23,27,29). The summed E-state index contributed by atoms with van der Waals surface area (Å²) < 4.78 is 5.99. The van der Waals surface area contributed by atoms with E-state index in [0.29, 0.717) is 12.0 Å². The summed E-state index contributed by atoms with van der Waals surface area (Å²) in [5.41, 5.74) is 4.94. The smallest absolute Gasteiger partial charge is 0.329 e. The number of esters is 1. The maximum Gasteiger partial charge on any atom is 0.329 e. The summed E-state index contributed by atoms with van der Waals surface area (Å²) in [5, 5.41) is 2.48. The normalized spacial score (nSPS) is 11.6. The Morgan fingerprint density at radius 3 is 2.60 bits per heavy atom. The lowest BCUT2D eigenvalue weighted by Gasteiger charge is -2.14. The number of nitrogens with one attached hydrogen (secondary N) is 2. The van der Waals surface area contributed by atoms with E-state index in [2.05, 4.69) is 5.32 Å². The van der Waals surface area contributed by atoms with E-state index in [-0.39, 0.29) is 12.4 Å². The van der Waals surface area contributed by atoms with Crippen molar-refractivity contribution in [3.05, 3.63) is 61.8 Å². The van der Waals surface area contributed by atoms with Crippen LogP contribution in [0.4, 0.5) is 5.82 Å². The Labute approximate surface area is 172 Å². The average molecular weight is 416 g/mol. The Hall–Kier alpha value is -3.69. The number of nitrogens with zero attached hydrogens (tertiary/aromatic N) is 1. The molecule has 0 saturated carbocycles. The first kappa shape index (κ1) is 22.6. The van der Waals surface area contributed by atoms with Crippen molar-refractivity contribution in [2.24, 2.45) is 0 Å². The van der Waals surface area contributed by atoms with E-state index in [4.69, 9.17) is 10.5 Å². The molecule has 1 aromatic heterocycles. The maximum absolute atomic E-state index is 12.4. The fraction of sp³-hybridized carbons (Fsp3) is 0.350. The second kappa shape index (κ2) is 9.68. The number of aryl methyl sites for hydroxylation is 1. The number of ether oxygens (including phenoxy) is 1. The summed E-state index contributed by atoms with van der Waals surface area (Å²) >= 11 is 0. The van der Waals surface area contributed by atoms with Gasteiger partial charge in [-0.15, -0.1) is 0 Å². The number of carbonyl (C=O) groups is 3. The molecule has 1 atom stereocenters. The van der Waals surface area contributed by atoms with Crippen LogP contribution in [0.1, 0.15) is 46.5 Å².